The van der Waals surface area contributed by atoms with Gasteiger partial charge in [0.25, 0.3) is 0 Å². The molecule has 0 fully saturated rings. The van der Waals surface area contributed by atoms with Crippen LogP contribution in [0.25, 0.3) is 65.7 Å². The van der Waals surface area contributed by atoms with Gasteiger partial charge < -0.3 is 5.73 Å². The van der Waals surface area contributed by atoms with Crippen LogP contribution in [0.3, 0.4) is 0 Å². The second kappa shape index (κ2) is 14.7. The molecule has 54 heavy (non-hydrogen) atoms. The van der Waals surface area contributed by atoms with Gasteiger partial charge in [0, 0.05) is 12.1 Å². The van der Waals surface area contributed by atoms with Gasteiger partial charge in [0.1, 0.15) is 12.0 Å². The number of benzene rings is 9. The van der Waals surface area contributed by atoms with Gasteiger partial charge in [-0.2, -0.15) is 0 Å². The van der Waals surface area contributed by atoms with E-state index in [2.05, 4.69) is 193 Å². The highest BCUT2D eigenvalue weighted by atomic mass is 15.1. The molecule has 258 valence electrons. The van der Waals surface area contributed by atoms with Crippen molar-refractivity contribution in [1.82, 2.24) is 5.32 Å². The van der Waals surface area contributed by atoms with E-state index in [1.54, 1.807) is 0 Å². The average Bonchev–Trinajstić information content (AvgIpc) is 3.25. The average molecular weight is 694 g/mol. The van der Waals surface area contributed by atoms with Gasteiger partial charge in [-0.05, 0) is 82.9 Å². The number of hydrogen-bond acceptors (Lipinski definition) is 2. The predicted molar refractivity (Wildman–Crippen MR) is 228 cm³/mol. The molecule has 0 heterocycles. The van der Waals surface area contributed by atoms with Gasteiger partial charge in [-0.25, -0.2) is 4.99 Å². The van der Waals surface area contributed by atoms with Crippen LogP contribution in [0.4, 0.5) is 0 Å². The third-order valence-corrected chi connectivity index (χ3v) is 10.4. The molecular formula is C51H39N3. The summed E-state index contributed by atoms with van der Waals surface area (Å²) in [5, 5.41) is 11.4. The van der Waals surface area contributed by atoms with Crippen molar-refractivity contribution in [3.8, 4) is 33.4 Å². The molecule has 9 aromatic rings. The molecule has 0 saturated heterocycles. The highest BCUT2D eigenvalue weighted by Crippen LogP contribution is 2.41. The van der Waals surface area contributed by atoms with Crippen molar-refractivity contribution >= 4 is 38.2 Å². The SMILES string of the molecule is NC(=NC(NCc1ccccc1-c1c2ccccc2cc2c1ccc1ccccc12)c1ccccc1-c1ccccc1)c1ccccc1-c1ccccc1. The largest absolute Gasteiger partial charge is 0.383 e. The first-order valence-corrected chi connectivity index (χ1v) is 18.5. The Labute approximate surface area is 316 Å². The van der Waals surface area contributed by atoms with Crippen LogP contribution in [0.5, 0.6) is 0 Å². The minimum atomic E-state index is -0.438. The second-order valence-electron chi connectivity index (χ2n) is 13.7. The lowest BCUT2D eigenvalue weighted by molar-refractivity contribution is 0.556. The number of aliphatic imine (C=N–C) groups is 1. The van der Waals surface area contributed by atoms with E-state index >= 15 is 0 Å². The number of nitrogens with one attached hydrogen (secondary N) is 1. The summed E-state index contributed by atoms with van der Waals surface area (Å²) >= 11 is 0. The number of nitrogens with zero attached hydrogens (tertiary/aromatic N) is 1. The summed E-state index contributed by atoms with van der Waals surface area (Å²) in [6.45, 7) is 0.569. The Kier molecular flexibility index (Phi) is 8.98. The number of amidine groups is 1. The molecule has 0 radical (unpaired) electrons. The highest BCUT2D eigenvalue weighted by molar-refractivity contribution is 6.20. The van der Waals surface area contributed by atoms with Crippen LogP contribution >= 0.6 is 0 Å². The van der Waals surface area contributed by atoms with Gasteiger partial charge in [-0.1, -0.05) is 194 Å². The van der Waals surface area contributed by atoms with Gasteiger partial charge in [-0.3, -0.25) is 5.32 Å². The standard InChI is InChI=1S/C51H39N3/c52-50(46-29-15-13-24-40(46)35-17-3-1-4-18-35)54-51(47-30-16-14-25-41(47)36-19-5-2-6-20-36)53-34-39-23-9-12-28-44(39)49-43-27-11-8-22-38(43)33-48-42-26-10-7-21-37(42)31-32-45(48)49/h1-33,51,53H,34H2,(H2,52,54). The monoisotopic (exact) mass is 693 g/mol. The van der Waals surface area contributed by atoms with Gasteiger partial charge in [-0.15, -0.1) is 0 Å². The summed E-state index contributed by atoms with van der Waals surface area (Å²) in [4.78, 5) is 5.32. The molecule has 9 rings (SSSR count). The van der Waals surface area contributed by atoms with Gasteiger partial charge >= 0.3 is 0 Å². The maximum atomic E-state index is 7.03. The molecule has 0 spiro atoms. The van der Waals surface area contributed by atoms with Gasteiger partial charge in [0.2, 0.25) is 0 Å². The summed E-state index contributed by atoms with van der Waals surface area (Å²) in [5.74, 6) is 0.482. The molecule has 0 aliphatic heterocycles. The first kappa shape index (κ1) is 33.1. The summed E-state index contributed by atoms with van der Waals surface area (Å²) in [7, 11) is 0. The fourth-order valence-corrected chi connectivity index (χ4v) is 7.86. The number of nitrogens with two attached hydrogens (primary N) is 1. The van der Waals surface area contributed by atoms with E-state index < -0.39 is 6.17 Å². The predicted octanol–water partition coefficient (Wildman–Crippen LogP) is 12.3. The Morgan fingerprint density at radius 2 is 1.04 bits per heavy atom. The molecule has 0 saturated carbocycles. The Morgan fingerprint density at radius 3 is 1.81 bits per heavy atom. The summed E-state index contributed by atoms with van der Waals surface area (Å²) in [5.41, 5.74) is 17.0. The molecule has 3 N–H and O–H groups in total. The number of hydrogen-bond donors (Lipinski definition) is 2. The van der Waals surface area contributed by atoms with Crippen LogP contribution in [-0.4, -0.2) is 5.84 Å². The van der Waals surface area contributed by atoms with Crippen LogP contribution in [0, 0.1) is 0 Å². The van der Waals surface area contributed by atoms with E-state index in [4.69, 9.17) is 10.7 Å². The van der Waals surface area contributed by atoms with Crippen LogP contribution in [0.2, 0.25) is 0 Å². The maximum absolute atomic E-state index is 7.03. The lowest BCUT2D eigenvalue weighted by atomic mass is 9.88. The van der Waals surface area contributed by atoms with E-state index in [0.717, 1.165) is 33.4 Å². The molecule has 1 unspecified atom stereocenters. The molecule has 0 aliphatic rings. The van der Waals surface area contributed by atoms with Crippen molar-refractivity contribution in [3.63, 3.8) is 0 Å². The van der Waals surface area contributed by atoms with E-state index in [1.165, 1.54) is 49.0 Å². The van der Waals surface area contributed by atoms with Crippen molar-refractivity contribution in [3.05, 3.63) is 217 Å². The molecule has 0 amide bonds. The Bertz CT molecular complexity index is 2790. The van der Waals surface area contributed by atoms with Gasteiger partial charge in [0.15, 0.2) is 0 Å². The Morgan fingerprint density at radius 1 is 0.463 bits per heavy atom. The molecule has 0 bridgehead atoms. The van der Waals surface area contributed by atoms with Crippen molar-refractivity contribution in [1.29, 1.82) is 0 Å². The van der Waals surface area contributed by atoms with Crippen molar-refractivity contribution in [2.75, 3.05) is 0 Å². The summed E-state index contributed by atoms with van der Waals surface area (Å²) in [6, 6.07) is 70.7. The Balaban J connectivity index is 1.18. The molecule has 0 aliphatic carbocycles. The molecule has 1 atom stereocenters. The third-order valence-electron chi connectivity index (χ3n) is 10.4. The maximum Gasteiger partial charge on any atom is 0.128 e. The number of rotatable bonds is 9. The highest BCUT2D eigenvalue weighted by Gasteiger charge is 2.20. The lowest BCUT2D eigenvalue weighted by Gasteiger charge is -2.22. The molecule has 9 aromatic carbocycles. The third kappa shape index (κ3) is 6.32. The summed E-state index contributed by atoms with van der Waals surface area (Å²) in [6.07, 6.45) is -0.438. The van der Waals surface area contributed by atoms with E-state index in [9.17, 15) is 0 Å². The van der Waals surface area contributed by atoms with Crippen molar-refractivity contribution in [2.24, 2.45) is 10.7 Å². The fourth-order valence-electron chi connectivity index (χ4n) is 7.86. The zero-order valence-corrected chi connectivity index (χ0v) is 29.9. The zero-order valence-electron chi connectivity index (χ0n) is 29.9. The lowest BCUT2D eigenvalue weighted by Crippen LogP contribution is -2.25. The molecule has 3 heteroatoms. The molecule has 0 aromatic heterocycles. The summed E-state index contributed by atoms with van der Waals surface area (Å²) < 4.78 is 0. The van der Waals surface area contributed by atoms with E-state index in [-0.39, 0.29) is 0 Å². The first-order valence-electron chi connectivity index (χ1n) is 18.5. The smallest absolute Gasteiger partial charge is 0.128 e. The zero-order chi connectivity index (χ0) is 36.3. The molecule has 3 nitrogen and oxygen atoms in total. The Hall–Kier alpha value is -6.81. The van der Waals surface area contributed by atoms with Gasteiger partial charge in [0.05, 0.1) is 0 Å². The minimum Gasteiger partial charge on any atom is -0.383 e. The first-order chi connectivity index (χ1) is 26.7. The van der Waals surface area contributed by atoms with Crippen LogP contribution in [-0.2, 0) is 6.54 Å². The van der Waals surface area contributed by atoms with Crippen LogP contribution in [0.1, 0.15) is 22.9 Å². The topological polar surface area (TPSA) is 50.4 Å². The van der Waals surface area contributed by atoms with E-state index in [0.29, 0.717) is 12.4 Å². The normalized spacial score (nSPS) is 12.3. The van der Waals surface area contributed by atoms with Crippen LogP contribution < -0.4 is 11.1 Å². The van der Waals surface area contributed by atoms with Crippen LogP contribution in [0.15, 0.2) is 205 Å². The fraction of sp³-hybridized carbons (Fsp3) is 0.0392. The minimum absolute atomic E-state index is 0.438. The second-order valence-corrected chi connectivity index (χ2v) is 13.7. The quantitative estimate of drug-likeness (QED) is 0.0684. The van der Waals surface area contributed by atoms with Crippen molar-refractivity contribution in [2.45, 2.75) is 12.7 Å². The number of fused-ring (bicyclic) bond motifs is 4. The van der Waals surface area contributed by atoms with Crippen molar-refractivity contribution < 1.29 is 0 Å². The van der Waals surface area contributed by atoms with E-state index in [1.807, 2.05) is 12.1 Å². The molecular weight excluding hydrogens is 655 g/mol.